The number of alkyl halides is 2. The van der Waals surface area contributed by atoms with Gasteiger partial charge >= 0.3 is 0 Å². The van der Waals surface area contributed by atoms with Gasteiger partial charge < -0.3 is 25.0 Å². The molecule has 1 atom stereocenters. The van der Waals surface area contributed by atoms with Gasteiger partial charge in [0.25, 0.3) is 6.43 Å². The number of methoxy groups -OCH3 is 1. The van der Waals surface area contributed by atoms with Crippen molar-refractivity contribution in [3.63, 3.8) is 0 Å². The number of morpholine rings is 1. The Bertz CT molecular complexity index is 1420. The van der Waals surface area contributed by atoms with Crippen LogP contribution in [0.1, 0.15) is 37.0 Å². The van der Waals surface area contributed by atoms with Gasteiger partial charge in [0.2, 0.25) is 11.9 Å². The maximum atomic E-state index is 14.1. The number of benzene rings is 2. The topological polar surface area (TPSA) is 102 Å². The first-order chi connectivity index (χ1) is 19.1. The Morgan fingerprint density at radius 1 is 1.00 bits per heavy atom. The number of para-hydroxylation sites is 2. The number of imidazole rings is 1. The Morgan fingerprint density at radius 2 is 1.77 bits per heavy atom. The second kappa shape index (κ2) is 11.1. The molecular weight excluding hydrogens is 506 g/mol. The summed E-state index contributed by atoms with van der Waals surface area (Å²) in [6.07, 6.45) is -1.48. The van der Waals surface area contributed by atoms with Gasteiger partial charge in [-0.2, -0.15) is 15.0 Å². The molecule has 0 spiro atoms. The molecule has 0 aliphatic carbocycles. The standard InChI is InChI=1S/C27H30F2N8O2/c1-38-19-8-6-17(7-9-19)31-18-10-13-36(14-11-18)26-33-24(22-16-30-12-15-39-22)34-27(35-26)37-21-5-3-2-4-20(21)32-25(37)23(28)29/h2-9,18,22-23,30-31H,10-16H2,1H3. The van der Waals surface area contributed by atoms with Crippen LogP contribution in [0, 0.1) is 0 Å². The van der Waals surface area contributed by atoms with Gasteiger partial charge in [0.1, 0.15) is 11.9 Å². The first-order valence-corrected chi connectivity index (χ1v) is 13.1. The highest BCUT2D eigenvalue weighted by atomic mass is 19.3. The van der Waals surface area contributed by atoms with E-state index in [1.165, 1.54) is 4.57 Å². The quantitative estimate of drug-likeness (QED) is 0.364. The van der Waals surface area contributed by atoms with E-state index in [2.05, 4.69) is 25.5 Å². The summed E-state index contributed by atoms with van der Waals surface area (Å²) in [7, 11) is 1.65. The zero-order valence-corrected chi connectivity index (χ0v) is 21.6. The number of fused-ring (bicyclic) bond motifs is 1. The third kappa shape index (κ3) is 5.34. The van der Waals surface area contributed by atoms with Crippen molar-refractivity contribution < 1.29 is 18.3 Å². The molecule has 10 nitrogen and oxygen atoms in total. The minimum absolute atomic E-state index is 0.117. The lowest BCUT2D eigenvalue weighted by molar-refractivity contribution is 0.0220. The fraction of sp³-hybridized carbons (Fsp3) is 0.407. The summed E-state index contributed by atoms with van der Waals surface area (Å²) in [4.78, 5) is 20.3. The average molecular weight is 537 g/mol. The molecule has 6 rings (SSSR count). The van der Waals surface area contributed by atoms with Crippen LogP contribution in [-0.4, -0.2) is 70.4 Å². The number of anilines is 2. The third-order valence-electron chi connectivity index (χ3n) is 7.07. The molecule has 12 heteroatoms. The largest absolute Gasteiger partial charge is 0.497 e. The number of halogens is 2. The van der Waals surface area contributed by atoms with Crippen molar-refractivity contribution in [2.45, 2.75) is 31.4 Å². The van der Waals surface area contributed by atoms with Crippen molar-refractivity contribution in [2.75, 3.05) is 50.1 Å². The van der Waals surface area contributed by atoms with E-state index in [-0.39, 0.29) is 12.0 Å². The summed E-state index contributed by atoms with van der Waals surface area (Å²) in [6, 6.07) is 15.2. The van der Waals surface area contributed by atoms with E-state index in [4.69, 9.17) is 19.4 Å². The molecule has 2 aliphatic heterocycles. The van der Waals surface area contributed by atoms with Crippen molar-refractivity contribution >= 4 is 22.7 Å². The summed E-state index contributed by atoms with van der Waals surface area (Å²) >= 11 is 0. The Morgan fingerprint density at radius 3 is 2.49 bits per heavy atom. The summed E-state index contributed by atoms with van der Waals surface area (Å²) in [5, 5.41) is 6.87. The molecule has 2 N–H and O–H groups in total. The molecule has 0 amide bonds. The van der Waals surface area contributed by atoms with Crippen LogP contribution < -0.4 is 20.3 Å². The van der Waals surface area contributed by atoms with Crippen LogP contribution in [0.15, 0.2) is 48.5 Å². The van der Waals surface area contributed by atoms with Crippen molar-refractivity contribution in [2.24, 2.45) is 0 Å². The van der Waals surface area contributed by atoms with Crippen molar-refractivity contribution in [3.8, 4) is 11.7 Å². The van der Waals surface area contributed by atoms with Crippen LogP contribution in [0.2, 0.25) is 0 Å². The number of nitrogens with zero attached hydrogens (tertiary/aromatic N) is 6. The molecule has 0 bridgehead atoms. The van der Waals surface area contributed by atoms with E-state index in [9.17, 15) is 8.78 Å². The zero-order chi connectivity index (χ0) is 26.8. The predicted molar refractivity (Wildman–Crippen MR) is 143 cm³/mol. The predicted octanol–water partition coefficient (Wildman–Crippen LogP) is 3.90. The number of aromatic nitrogens is 5. The summed E-state index contributed by atoms with van der Waals surface area (Å²) in [5.41, 5.74) is 2.01. The lowest BCUT2D eigenvalue weighted by Gasteiger charge is -2.33. The van der Waals surface area contributed by atoms with Crippen molar-refractivity contribution in [1.82, 2.24) is 29.8 Å². The van der Waals surface area contributed by atoms with Gasteiger partial charge in [0.15, 0.2) is 11.6 Å². The Kier molecular flexibility index (Phi) is 7.20. The second-order valence-corrected chi connectivity index (χ2v) is 9.59. The fourth-order valence-electron chi connectivity index (χ4n) is 5.03. The van der Waals surface area contributed by atoms with Gasteiger partial charge in [-0.3, -0.25) is 4.57 Å². The van der Waals surface area contributed by atoms with Crippen molar-refractivity contribution in [1.29, 1.82) is 0 Å². The van der Waals surface area contributed by atoms with Crippen LogP contribution in [0.3, 0.4) is 0 Å². The number of ether oxygens (including phenoxy) is 2. The first-order valence-electron chi connectivity index (χ1n) is 13.1. The number of rotatable bonds is 7. The van der Waals surface area contributed by atoms with E-state index in [0.29, 0.717) is 49.0 Å². The normalized spacial score (nSPS) is 18.6. The summed E-state index contributed by atoms with van der Waals surface area (Å²) in [5.74, 6) is 1.40. The number of nitrogens with one attached hydrogen (secondary N) is 2. The molecule has 4 heterocycles. The molecule has 0 radical (unpaired) electrons. The van der Waals surface area contributed by atoms with Gasteiger partial charge in [0.05, 0.1) is 24.8 Å². The van der Waals surface area contributed by atoms with Gasteiger partial charge in [-0.05, 0) is 49.2 Å². The molecule has 2 aliphatic rings. The van der Waals surface area contributed by atoms with E-state index < -0.39 is 18.4 Å². The van der Waals surface area contributed by atoms with E-state index >= 15 is 0 Å². The molecule has 39 heavy (non-hydrogen) atoms. The number of hydrogen-bond acceptors (Lipinski definition) is 9. The monoisotopic (exact) mass is 536 g/mol. The second-order valence-electron chi connectivity index (χ2n) is 9.59. The fourth-order valence-corrected chi connectivity index (χ4v) is 5.03. The molecule has 2 aromatic carbocycles. The zero-order valence-electron chi connectivity index (χ0n) is 21.6. The molecule has 2 fully saturated rings. The molecule has 2 aromatic heterocycles. The summed E-state index contributed by atoms with van der Waals surface area (Å²) in [6.45, 7) is 3.18. The minimum atomic E-state index is -2.80. The highest BCUT2D eigenvalue weighted by Crippen LogP contribution is 2.29. The number of piperidine rings is 1. The Labute approximate surface area is 224 Å². The highest BCUT2D eigenvalue weighted by Gasteiger charge is 2.28. The van der Waals surface area contributed by atoms with Crippen molar-refractivity contribution in [3.05, 3.63) is 60.2 Å². The van der Waals surface area contributed by atoms with Gasteiger partial charge in [-0.1, -0.05) is 12.1 Å². The molecule has 1 unspecified atom stereocenters. The van der Waals surface area contributed by atoms with Gasteiger partial charge in [0, 0.05) is 37.9 Å². The average Bonchev–Trinajstić information content (AvgIpc) is 3.38. The van der Waals surface area contributed by atoms with E-state index in [1.54, 1.807) is 31.4 Å². The molecule has 2 saturated heterocycles. The highest BCUT2D eigenvalue weighted by molar-refractivity contribution is 5.77. The smallest absolute Gasteiger partial charge is 0.296 e. The lowest BCUT2D eigenvalue weighted by Crippen LogP contribution is -2.40. The van der Waals surface area contributed by atoms with Crippen LogP contribution in [0.5, 0.6) is 5.75 Å². The Balaban J connectivity index is 1.30. The van der Waals surface area contributed by atoms with E-state index in [1.807, 2.05) is 24.3 Å². The maximum absolute atomic E-state index is 14.1. The van der Waals surface area contributed by atoms with Crippen LogP contribution in [0.25, 0.3) is 17.0 Å². The SMILES string of the molecule is COc1ccc(NC2CCN(c3nc(C4CNCCO4)nc(-n4c(C(F)F)nc5ccccc54)n3)CC2)cc1. The van der Waals surface area contributed by atoms with Crippen LogP contribution in [0.4, 0.5) is 20.4 Å². The van der Waals surface area contributed by atoms with Gasteiger partial charge in [-0.15, -0.1) is 0 Å². The molecule has 204 valence electrons. The molecule has 4 aromatic rings. The molecular formula is C27H30F2N8O2. The molecule has 0 saturated carbocycles. The first kappa shape index (κ1) is 25.4. The lowest BCUT2D eigenvalue weighted by atomic mass is 10.0. The Hall–Kier alpha value is -3.90. The van der Waals surface area contributed by atoms with Gasteiger partial charge in [-0.25, -0.2) is 13.8 Å². The van der Waals surface area contributed by atoms with Crippen LogP contribution in [-0.2, 0) is 4.74 Å². The van der Waals surface area contributed by atoms with E-state index in [0.717, 1.165) is 30.8 Å². The number of hydrogen-bond donors (Lipinski definition) is 2. The maximum Gasteiger partial charge on any atom is 0.296 e. The minimum Gasteiger partial charge on any atom is -0.497 e. The third-order valence-corrected chi connectivity index (χ3v) is 7.07. The summed E-state index contributed by atoms with van der Waals surface area (Å²) < 4.78 is 40.7. The van der Waals surface area contributed by atoms with Crippen LogP contribution >= 0.6 is 0 Å².